The van der Waals surface area contributed by atoms with E-state index in [1.807, 2.05) is 11.8 Å². The van der Waals surface area contributed by atoms with E-state index < -0.39 is 0 Å². The molecule has 0 aliphatic carbocycles. The van der Waals surface area contributed by atoms with Gasteiger partial charge in [-0.25, -0.2) is 0 Å². The van der Waals surface area contributed by atoms with Crippen LogP contribution in [0, 0.1) is 6.92 Å². The van der Waals surface area contributed by atoms with Gasteiger partial charge in [0.15, 0.2) is 5.96 Å². The van der Waals surface area contributed by atoms with Gasteiger partial charge in [-0.2, -0.15) is 11.8 Å². The van der Waals surface area contributed by atoms with Gasteiger partial charge in [-0.15, -0.1) is 0 Å². The average Bonchev–Trinajstić information content (AvgIpc) is 2.38. The summed E-state index contributed by atoms with van der Waals surface area (Å²) in [6.45, 7) is 7.27. The predicted octanol–water partition coefficient (Wildman–Crippen LogP) is 2.80. The lowest BCUT2D eigenvalue weighted by atomic mass is 10.2. The van der Waals surface area contributed by atoms with Gasteiger partial charge in [0, 0.05) is 31.1 Å². The SMILES string of the molecule is CN=C(NCCSCc1ccc(C)cc1)NC(C)C. The highest BCUT2D eigenvalue weighted by Gasteiger charge is 1.99. The maximum atomic E-state index is 4.18. The summed E-state index contributed by atoms with van der Waals surface area (Å²) >= 11 is 1.94. The highest BCUT2D eigenvalue weighted by atomic mass is 32.2. The van der Waals surface area contributed by atoms with Crippen LogP contribution in [0.1, 0.15) is 25.0 Å². The molecule has 0 aliphatic heterocycles. The lowest BCUT2D eigenvalue weighted by Crippen LogP contribution is -2.41. The van der Waals surface area contributed by atoms with Gasteiger partial charge < -0.3 is 10.6 Å². The van der Waals surface area contributed by atoms with Crippen molar-refractivity contribution in [2.24, 2.45) is 4.99 Å². The standard InChI is InChI=1S/C15H25N3S/c1-12(2)18-15(16-4)17-9-10-19-11-14-7-5-13(3)6-8-14/h5-8,12H,9-11H2,1-4H3,(H2,16,17,18). The summed E-state index contributed by atoms with van der Waals surface area (Å²) in [4.78, 5) is 4.18. The molecule has 106 valence electrons. The molecule has 0 saturated heterocycles. The fraction of sp³-hybridized carbons (Fsp3) is 0.533. The molecule has 0 fully saturated rings. The molecule has 0 amide bonds. The summed E-state index contributed by atoms with van der Waals surface area (Å²) in [6.07, 6.45) is 0. The lowest BCUT2D eigenvalue weighted by molar-refractivity contribution is 0.706. The molecule has 0 aromatic heterocycles. The van der Waals surface area contributed by atoms with Gasteiger partial charge in [0.25, 0.3) is 0 Å². The van der Waals surface area contributed by atoms with Crippen molar-refractivity contribution in [1.82, 2.24) is 10.6 Å². The van der Waals surface area contributed by atoms with Crippen molar-refractivity contribution < 1.29 is 0 Å². The van der Waals surface area contributed by atoms with Gasteiger partial charge in [0.2, 0.25) is 0 Å². The number of nitrogens with one attached hydrogen (secondary N) is 2. The van der Waals surface area contributed by atoms with Crippen LogP contribution in [-0.4, -0.2) is 31.3 Å². The van der Waals surface area contributed by atoms with Crippen LogP contribution in [0.3, 0.4) is 0 Å². The third-order valence-corrected chi connectivity index (χ3v) is 3.61. The molecule has 0 spiro atoms. The summed E-state index contributed by atoms with van der Waals surface area (Å²) in [5.41, 5.74) is 2.71. The highest BCUT2D eigenvalue weighted by Crippen LogP contribution is 2.12. The molecule has 0 aliphatic rings. The second kappa shape index (κ2) is 8.86. The summed E-state index contributed by atoms with van der Waals surface area (Å²) < 4.78 is 0. The number of hydrogen-bond donors (Lipinski definition) is 2. The Bertz CT molecular complexity index is 385. The summed E-state index contributed by atoms with van der Waals surface area (Å²) in [5, 5.41) is 6.59. The number of hydrogen-bond acceptors (Lipinski definition) is 2. The molecule has 1 rings (SSSR count). The largest absolute Gasteiger partial charge is 0.356 e. The molecule has 0 heterocycles. The molecule has 4 heteroatoms. The Morgan fingerprint density at radius 3 is 2.53 bits per heavy atom. The molecule has 0 saturated carbocycles. The number of nitrogens with zero attached hydrogens (tertiary/aromatic N) is 1. The zero-order valence-corrected chi connectivity index (χ0v) is 13.2. The molecule has 0 radical (unpaired) electrons. The third-order valence-electron chi connectivity index (χ3n) is 2.58. The second-order valence-electron chi connectivity index (χ2n) is 4.84. The Kier molecular flexibility index (Phi) is 7.41. The minimum atomic E-state index is 0.409. The normalized spacial score (nSPS) is 11.7. The molecular formula is C15H25N3S. The summed E-state index contributed by atoms with van der Waals surface area (Å²) in [5.74, 6) is 3.02. The van der Waals surface area contributed by atoms with Gasteiger partial charge in [-0.05, 0) is 26.3 Å². The molecule has 1 aromatic carbocycles. The van der Waals surface area contributed by atoms with E-state index >= 15 is 0 Å². The van der Waals surface area contributed by atoms with Crippen molar-refractivity contribution in [1.29, 1.82) is 0 Å². The Morgan fingerprint density at radius 1 is 1.26 bits per heavy atom. The molecule has 0 unspecified atom stereocenters. The van der Waals surface area contributed by atoms with Crippen molar-refractivity contribution in [2.45, 2.75) is 32.6 Å². The molecular weight excluding hydrogens is 254 g/mol. The summed E-state index contributed by atoms with van der Waals surface area (Å²) in [6, 6.07) is 9.15. The Balaban J connectivity index is 2.15. The molecule has 2 N–H and O–H groups in total. The maximum Gasteiger partial charge on any atom is 0.191 e. The highest BCUT2D eigenvalue weighted by molar-refractivity contribution is 7.98. The third kappa shape index (κ3) is 7.11. The average molecular weight is 279 g/mol. The van der Waals surface area contributed by atoms with Crippen molar-refractivity contribution in [3.05, 3.63) is 35.4 Å². The number of rotatable bonds is 6. The second-order valence-corrected chi connectivity index (χ2v) is 5.94. The number of aliphatic imine (C=N–C) groups is 1. The van der Waals surface area contributed by atoms with E-state index in [4.69, 9.17) is 0 Å². The van der Waals surface area contributed by atoms with E-state index in [2.05, 4.69) is 60.7 Å². The zero-order valence-electron chi connectivity index (χ0n) is 12.4. The first-order valence-corrected chi connectivity index (χ1v) is 7.87. The Morgan fingerprint density at radius 2 is 1.95 bits per heavy atom. The van der Waals surface area contributed by atoms with Crippen LogP contribution in [0.15, 0.2) is 29.3 Å². The van der Waals surface area contributed by atoms with Gasteiger partial charge in [0.1, 0.15) is 0 Å². The topological polar surface area (TPSA) is 36.4 Å². The van der Waals surface area contributed by atoms with E-state index in [0.29, 0.717) is 6.04 Å². The first kappa shape index (κ1) is 15.9. The first-order chi connectivity index (χ1) is 9.11. The number of benzene rings is 1. The minimum Gasteiger partial charge on any atom is -0.356 e. The lowest BCUT2D eigenvalue weighted by Gasteiger charge is -2.14. The van der Waals surface area contributed by atoms with Gasteiger partial charge in [-0.3, -0.25) is 4.99 Å². The number of guanidine groups is 1. The number of aryl methyl sites for hydroxylation is 1. The van der Waals surface area contributed by atoms with Crippen LogP contribution in [0.4, 0.5) is 0 Å². The van der Waals surface area contributed by atoms with Crippen molar-refractivity contribution in [3.63, 3.8) is 0 Å². The Hall–Kier alpha value is -1.16. The minimum absolute atomic E-state index is 0.409. The van der Waals surface area contributed by atoms with E-state index in [1.54, 1.807) is 7.05 Å². The van der Waals surface area contributed by atoms with E-state index in [1.165, 1.54) is 11.1 Å². The fourth-order valence-corrected chi connectivity index (χ4v) is 2.40. The van der Waals surface area contributed by atoms with E-state index in [9.17, 15) is 0 Å². The van der Waals surface area contributed by atoms with Crippen molar-refractivity contribution in [3.8, 4) is 0 Å². The van der Waals surface area contributed by atoms with Gasteiger partial charge in [-0.1, -0.05) is 29.8 Å². The maximum absolute atomic E-state index is 4.18. The van der Waals surface area contributed by atoms with Crippen molar-refractivity contribution >= 4 is 17.7 Å². The molecule has 0 bridgehead atoms. The van der Waals surface area contributed by atoms with Gasteiger partial charge >= 0.3 is 0 Å². The van der Waals surface area contributed by atoms with Crippen LogP contribution in [-0.2, 0) is 5.75 Å². The van der Waals surface area contributed by atoms with Gasteiger partial charge in [0.05, 0.1) is 0 Å². The Labute approximate surface area is 121 Å². The molecule has 19 heavy (non-hydrogen) atoms. The molecule has 3 nitrogen and oxygen atoms in total. The van der Waals surface area contributed by atoms with Crippen LogP contribution >= 0.6 is 11.8 Å². The predicted molar refractivity (Wildman–Crippen MR) is 87.0 cm³/mol. The van der Waals surface area contributed by atoms with Crippen LogP contribution in [0.2, 0.25) is 0 Å². The molecule has 1 aromatic rings. The van der Waals surface area contributed by atoms with Crippen LogP contribution < -0.4 is 10.6 Å². The van der Waals surface area contributed by atoms with Crippen molar-refractivity contribution in [2.75, 3.05) is 19.3 Å². The van der Waals surface area contributed by atoms with E-state index in [-0.39, 0.29) is 0 Å². The van der Waals surface area contributed by atoms with Crippen LogP contribution in [0.25, 0.3) is 0 Å². The van der Waals surface area contributed by atoms with Crippen LogP contribution in [0.5, 0.6) is 0 Å². The first-order valence-electron chi connectivity index (χ1n) is 6.72. The number of thioether (sulfide) groups is 1. The smallest absolute Gasteiger partial charge is 0.191 e. The van der Waals surface area contributed by atoms with E-state index in [0.717, 1.165) is 24.0 Å². The fourth-order valence-electron chi connectivity index (χ4n) is 1.58. The quantitative estimate of drug-likeness (QED) is 0.477. The zero-order chi connectivity index (χ0) is 14.1. The summed E-state index contributed by atoms with van der Waals surface area (Å²) in [7, 11) is 1.80. The monoisotopic (exact) mass is 279 g/mol. The molecule has 0 atom stereocenters.